The highest BCUT2D eigenvalue weighted by Gasteiger charge is 2.14. The third-order valence-corrected chi connectivity index (χ3v) is 3.62. The molecule has 0 saturated carbocycles. The highest BCUT2D eigenvalue weighted by Crippen LogP contribution is 2.16. The summed E-state index contributed by atoms with van der Waals surface area (Å²) in [6, 6.07) is 6.92. The van der Waals surface area contributed by atoms with Crippen molar-refractivity contribution < 1.29 is 9.59 Å². The summed E-state index contributed by atoms with van der Waals surface area (Å²) in [6.07, 6.45) is 3.75. The molecule has 3 rings (SSSR count). The van der Waals surface area contributed by atoms with Gasteiger partial charge in [0.2, 0.25) is 0 Å². The van der Waals surface area contributed by atoms with E-state index in [9.17, 15) is 14.4 Å². The van der Waals surface area contributed by atoms with Crippen LogP contribution >= 0.6 is 0 Å². The fraction of sp³-hybridized carbons (Fsp3) is 0.125. The van der Waals surface area contributed by atoms with Gasteiger partial charge in [-0.15, -0.1) is 0 Å². The number of hydrogen-bond donors (Lipinski definition) is 2. The number of carbonyl (C=O) groups is 2. The number of nitrogens with one attached hydrogen (secondary N) is 2. The number of benzene rings is 1. The van der Waals surface area contributed by atoms with Gasteiger partial charge in [0.1, 0.15) is 5.56 Å². The lowest BCUT2D eigenvalue weighted by Crippen LogP contribution is -2.32. The SMILES string of the molecule is CNC(=O)c1cc(C=O)cn(Cc2cccc3cn[nH]c23)c1=O. The number of aldehydes is 1. The average molecular weight is 310 g/mol. The summed E-state index contributed by atoms with van der Waals surface area (Å²) in [6.45, 7) is 0.226. The van der Waals surface area contributed by atoms with Gasteiger partial charge in [0.15, 0.2) is 6.29 Å². The molecule has 0 unspecified atom stereocenters. The van der Waals surface area contributed by atoms with Crippen molar-refractivity contribution in [2.45, 2.75) is 6.54 Å². The molecule has 0 fully saturated rings. The molecule has 0 aliphatic rings. The van der Waals surface area contributed by atoms with Crippen LogP contribution in [0.2, 0.25) is 0 Å². The number of H-pyrrole nitrogens is 1. The largest absolute Gasteiger partial charge is 0.355 e. The Labute approximate surface area is 130 Å². The summed E-state index contributed by atoms with van der Waals surface area (Å²) in [5.74, 6) is -0.521. The highest BCUT2D eigenvalue weighted by atomic mass is 16.2. The monoisotopic (exact) mass is 310 g/mol. The van der Waals surface area contributed by atoms with Crippen molar-refractivity contribution in [2.75, 3.05) is 7.05 Å². The number of fused-ring (bicyclic) bond motifs is 1. The number of aromatic amines is 1. The quantitative estimate of drug-likeness (QED) is 0.701. The van der Waals surface area contributed by atoms with Crippen molar-refractivity contribution >= 4 is 23.1 Å². The topological polar surface area (TPSA) is 96.8 Å². The molecule has 23 heavy (non-hydrogen) atoms. The minimum absolute atomic E-state index is 0.0612. The highest BCUT2D eigenvalue weighted by molar-refractivity contribution is 5.95. The first kappa shape index (κ1) is 14.7. The Hall–Kier alpha value is -3.22. The second-order valence-corrected chi connectivity index (χ2v) is 5.07. The van der Waals surface area contributed by atoms with E-state index in [0.717, 1.165) is 16.5 Å². The second kappa shape index (κ2) is 5.88. The number of para-hydroxylation sites is 1. The molecule has 1 aromatic carbocycles. The number of aromatic nitrogens is 3. The fourth-order valence-corrected chi connectivity index (χ4v) is 2.48. The number of rotatable bonds is 4. The van der Waals surface area contributed by atoms with Crippen LogP contribution in [0.3, 0.4) is 0 Å². The van der Waals surface area contributed by atoms with E-state index in [0.29, 0.717) is 6.29 Å². The Bertz CT molecular complexity index is 955. The van der Waals surface area contributed by atoms with Crippen LogP contribution in [0.5, 0.6) is 0 Å². The fourth-order valence-electron chi connectivity index (χ4n) is 2.48. The van der Waals surface area contributed by atoms with E-state index < -0.39 is 11.5 Å². The molecule has 0 atom stereocenters. The van der Waals surface area contributed by atoms with Crippen molar-refractivity contribution in [3.05, 3.63) is 63.7 Å². The minimum Gasteiger partial charge on any atom is -0.355 e. The molecule has 2 aromatic heterocycles. The maximum absolute atomic E-state index is 12.5. The molecule has 7 nitrogen and oxygen atoms in total. The van der Waals surface area contributed by atoms with Gasteiger partial charge in [-0.3, -0.25) is 19.5 Å². The van der Waals surface area contributed by atoms with Gasteiger partial charge in [0.25, 0.3) is 11.5 Å². The lowest BCUT2D eigenvalue weighted by molar-refractivity contribution is 0.0961. The van der Waals surface area contributed by atoms with Crippen LogP contribution < -0.4 is 10.9 Å². The molecule has 3 aromatic rings. The van der Waals surface area contributed by atoms with Crippen LogP contribution in [-0.2, 0) is 6.54 Å². The van der Waals surface area contributed by atoms with E-state index in [1.54, 1.807) is 6.20 Å². The summed E-state index contributed by atoms with van der Waals surface area (Å²) >= 11 is 0. The van der Waals surface area contributed by atoms with Gasteiger partial charge in [0.05, 0.1) is 18.3 Å². The van der Waals surface area contributed by atoms with Crippen LogP contribution in [0.15, 0.2) is 41.5 Å². The maximum Gasteiger partial charge on any atom is 0.263 e. The Kier molecular flexibility index (Phi) is 3.76. The Morgan fingerprint density at radius 2 is 2.26 bits per heavy atom. The van der Waals surface area contributed by atoms with Crippen molar-refractivity contribution in [1.29, 1.82) is 0 Å². The maximum atomic E-state index is 12.5. The Balaban J connectivity index is 2.12. The van der Waals surface area contributed by atoms with Crippen molar-refractivity contribution in [3.8, 4) is 0 Å². The van der Waals surface area contributed by atoms with Crippen LogP contribution in [-0.4, -0.2) is 34.0 Å². The Morgan fingerprint density at radius 1 is 1.43 bits per heavy atom. The molecular weight excluding hydrogens is 296 g/mol. The molecule has 0 aliphatic heterocycles. The number of pyridine rings is 1. The number of carbonyl (C=O) groups excluding carboxylic acids is 2. The summed E-state index contributed by atoms with van der Waals surface area (Å²) in [5.41, 5.74) is 1.41. The zero-order valence-electron chi connectivity index (χ0n) is 12.4. The molecule has 0 bridgehead atoms. The molecular formula is C16H14N4O3. The lowest BCUT2D eigenvalue weighted by atomic mass is 10.1. The molecule has 2 heterocycles. The van der Waals surface area contributed by atoms with Crippen molar-refractivity contribution in [3.63, 3.8) is 0 Å². The predicted octanol–water partition coefficient (Wildman–Crippen LogP) is 0.945. The van der Waals surface area contributed by atoms with Crippen LogP contribution in [0.4, 0.5) is 0 Å². The van der Waals surface area contributed by atoms with Crippen LogP contribution in [0.25, 0.3) is 10.9 Å². The average Bonchev–Trinajstić information content (AvgIpc) is 3.05. The van der Waals surface area contributed by atoms with Gasteiger partial charge in [-0.2, -0.15) is 5.10 Å². The second-order valence-electron chi connectivity index (χ2n) is 5.07. The van der Waals surface area contributed by atoms with Gasteiger partial charge in [-0.1, -0.05) is 18.2 Å². The third kappa shape index (κ3) is 2.64. The molecule has 0 spiro atoms. The van der Waals surface area contributed by atoms with Gasteiger partial charge >= 0.3 is 0 Å². The van der Waals surface area contributed by atoms with E-state index in [2.05, 4.69) is 15.5 Å². The number of nitrogens with zero attached hydrogens (tertiary/aromatic N) is 2. The predicted molar refractivity (Wildman–Crippen MR) is 84.7 cm³/mol. The van der Waals surface area contributed by atoms with Crippen molar-refractivity contribution in [2.24, 2.45) is 0 Å². The summed E-state index contributed by atoms with van der Waals surface area (Å²) < 4.78 is 1.35. The van der Waals surface area contributed by atoms with E-state index in [1.165, 1.54) is 23.9 Å². The summed E-state index contributed by atoms with van der Waals surface area (Å²) in [7, 11) is 1.44. The zero-order chi connectivity index (χ0) is 16.4. The first-order valence-corrected chi connectivity index (χ1v) is 6.96. The zero-order valence-corrected chi connectivity index (χ0v) is 12.4. The van der Waals surface area contributed by atoms with Gasteiger partial charge in [-0.25, -0.2) is 0 Å². The molecule has 0 aliphatic carbocycles. The van der Waals surface area contributed by atoms with Gasteiger partial charge in [0, 0.05) is 24.2 Å². The molecule has 0 saturated heterocycles. The summed E-state index contributed by atoms with van der Waals surface area (Å²) in [4.78, 5) is 35.4. The molecule has 0 radical (unpaired) electrons. The van der Waals surface area contributed by atoms with E-state index in [4.69, 9.17) is 0 Å². The molecule has 1 amide bonds. The molecule has 7 heteroatoms. The number of amides is 1. The first-order chi connectivity index (χ1) is 11.1. The van der Waals surface area contributed by atoms with Crippen LogP contribution in [0.1, 0.15) is 26.3 Å². The van der Waals surface area contributed by atoms with Crippen LogP contribution in [0, 0.1) is 0 Å². The minimum atomic E-state index is -0.521. The van der Waals surface area contributed by atoms with E-state index >= 15 is 0 Å². The smallest absolute Gasteiger partial charge is 0.263 e. The first-order valence-electron chi connectivity index (χ1n) is 6.96. The molecule has 2 N–H and O–H groups in total. The normalized spacial score (nSPS) is 10.7. The van der Waals surface area contributed by atoms with Gasteiger partial charge in [-0.05, 0) is 11.6 Å². The standard InChI is InChI=1S/C16H14N4O3/c1-17-15(22)13-5-10(9-21)7-20(16(13)23)8-12-4-2-3-11-6-18-19-14(11)12/h2-7,9H,8H2,1H3,(H,17,22)(H,18,19). The lowest BCUT2D eigenvalue weighted by Gasteiger charge is -2.10. The third-order valence-electron chi connectivity index (χ3n) is 3.62. The molecule has 116 valence electrons. The van der Waals surface area contributed by atoms with E-state index in [-0.39, 0.29) is 17.7 Å². The van der Waals surface area contributed by atoms with Crippen molar-refractivity contribution in [1.82, 2.24) is 20.1 Å². The number of hydrogen-bond acceptors (Lipinski definition) is 4. The van der Waals surface area contributed by atoms with Gasteiger partial charge < -0.3 is 9.88 Å². The Morgan fingerprint density at radius 3 is 3.00 bits per heavy atom. The van der Waals surface area contributed by atoms with E-state index in [1.807, 2.05) is 18.2 Å². The summed E-state index contributed by atoms with van der Waals surface area (Å²) in [5, 5.41) is 10.2.